The van der Waals surface area contributed by atoms with Crippen LogP contribution in [0.3, 0.4) is 0 Å². The molecule has 1 N–H and O–H groups in total. The fourth-order valence-electron chi connectivity index (χ4n) is 2.77. The minimum absolute atomic E-state index is 0.0386. The van der Waals surface area contributed by atoms with Gasteiger partial charge in [0.1, 0.15) is 17.1 Å². The molecule has 0 spiro atoms. The maximum Gasteiger partial charge on any atom is 0.262 e. The van der Waals surface area contributed by atoms with Crippen molar-refractivity contribution in [2.45, 2.75) is 4.90 Å². The van der Waals surface area contributed by atoms with Crippen LogP contribution in [0.2, 0.25) is 5.02 Å². The average Bonchev–Trinajstić information content (AvgIpc) is 3.00. The van der Waals surface area contributed by atoms with Crippen LogP contribution in [0.1, 0.15) is 0 Å². The Morgan fingerprint density at radius 2 is 1.63 bits per heavy atom. The summed E-state index contributed by atoms with van der Waals surface area (Å²) in [4.78, 5) is 0.0386. The molecule has 0 fully saturated rings. The van der Waals surface area contributed by atoms with Crippen molar-refractivity contribution in [1.29, 1.82) is 0 Å². The zero-order chi connectivity index (χ0) is 19.0. The van der Waals surface area contributed by atoms with Crippen molar-refractivity contribution >= 4 is 38.3 Å². The molecule has 0 saturated carbocycles. The van der Waals surface area contributed by atoms with E-state index in [-0.39, 0.29) is 10.6 Å². The predicted octanol–water partition coefficient (Wildman–Crippen LogP) is 5.69. The van der Waals surface area contributed by atoms with E-state index in [1.54, 1.807) is 24.3 Å². The quantitative estimate of drug-likeness (QED) is 0.477. The molecule has 4 aromatic rings. The van der Waals surface area contributed by atoms with Crippen molar-refractivity contribution in [3.05, 3.63) is 83.6 Å². The Balaban J connectivity index is 1.89. The standard InChI is InChI=1S/C20H13ClFNO3S/c21-14-6-9-16(10-7-14)27(24,25)23-19-17-12-15(22)8-11-18(17)26-20(19)13-4-2-1-3-5-13/h1-12,23H. The van der Waals surface area contributed by atoms with Gasteiger partial charge in [0.15, 0.2) is 5.76 Å². The molecule has 0 saturated heterocycles. The smallest absolute Gasteiger partial charge is 0.262 e. The van der Waals surface area contributed by atoms with Gasteiger partial charge in [0.25, 0.3) is 10.0 Å². The first kappa shape index (κ1) is 17.6. The van der Waals surface area contributed by atoms with Gasteiger partial charge in [-0.3, -0.25) is 4.72 Å². The van der Waals surface area contributed by atoms with Crippen molar-refractivity contribution in [3.8, 4) is 11.3 Å². The SMILES string of the molecule is O=S(=O)(Nc1c(-c2ccccc2)oc2ccc(F)cc12)c1ccc(Cl)cc1. The highest BCUT2D eigenvalue weighted by molar-refractivity contribution is 7.92. The molecule has 1 heterocycles. The van der Waals surface area contributed by atoms with Crippen molar-refractivity contribution in [2.75, 3.05) is 4.72 Å². The molecule has 0 aliphatic rings. The Morgan fingerprint density at radius 1 is 0.926 bits per heavy atom. The van der Waals surface area contributed by atoms with Crippen molar-refractivity contribution in [2.24, 2.45) is 0 Å². The molecule has 4 rings (SSSR count). The summed E-state index contributed by atoms with van der Waals surface area (Å²) in [5.74, 6) is -0.177. The van der Waals surface area contributed by atoms with Crippen LogP contribution in [-0.4, -0.2) is 8.42 Å². The predicted molar refractivity (Wildman–Crippen MR) is 104 cm³/mol. The molecular weight excluding hydrogens is 389 g/mol. The van der Waals surface area contributed by atoms with Crippen LogP contribution < -0.4 is 4.72 Å². The summed E-state index contributed by atoms with van der Waals surface area (Å²) >= 11 is 5.83. The number of sulfonamides is 1. The lowest BCUT2D eigenvalue weighted by atomic mass is 10.1. The Kier molecular flexibility index (Phi) is 4.37. The van der Waals surface area contributed by atoms with Crippen molar-refractivity contribution in [3.63, 3.8) is 0 Å². The van der Waals surface area contributed by atoms with Crippen LogP contribution in [0.5, 0.6) is 0 Å². The first-order chi connectivity index (χ1) is 12.9. The van der Waals surface area contributed by atoms with Gasteiger partial charge in [-0.1, -0.05) is 41.9 Å². The fourth-order valence-corrected chi connectivity index (χ4v) is 3.98. The summed E-state index contributed by atoms with van der Waals surface area (Å²) in [6, 6.07) is 18.8. The third-order valence-electron chi connectivity index (χ3n) is 4.05. The van der Waals surface area contributed by atoms with Gasteiger partial charge >= 0.3 is 0 Å². The molecule has 0 amide bonds. The number of halogens is 2. The van der Waals surface area contributed by atoms with Crippen LogP contribution in [-0.2, 0) is 10.0 Å². The van der Waals surface area contributed by atoms with E-state index in [2.05, 4.69) is 4.72 Å². The first-order valence-corrected chi connectivity index (χ1v) is 9.86. The number of nitrogens with one attached hydrogen (secondary N) is 1. The number of fused-ring (bicyclic) bond motifs is 1. The van der Waals surface area contributed by atoms with Gasteiger partial charge in [0, 0.05) is 16.0 Å². The molecular formula is C20H13ClFNO3S. The van der Waals surface area contributed by atoms with E-state index in [4.69, 9.17) is 16.0 Å². The number of benzene rings is 3. The van der Waals surface area contributed by atoms with Crippen molar-refractivity contribution < 1.29 is 17.2 Å². The van der Waals surface area contributed by atoms with Crippen LogP contribution in [0.4, 0.5) is 10.1 Å². The molecule has 0 aliphatic heterocycles. The number of rotatable bonds is 4. The number of anilines is 1. The minimum Gasteiger partial charge on any atom is -0.454 e. The Morgan fingerprint density at radius 3 is 2.33 bits per heavy atom. The summed E-state index contributed by atoms with van der Waals surface area (Å²) in [6.07, 6.45) is 0. The largest absolute Gasteiger partial charge is 0.454 e. The van der Waals surface area contributed by atoms with Crippen molar-refractivity contribution in [1.82, 2.24) is 0 Å². The van der Waals surface area contributed by atoms with E-state index in [0.29, 0.717) is 27.3 Å². The molecule has 4 nitrogen and oxygen atoms in total. The van der Waals surface area contributed by atoms with Gasteiger partial charge in [0.2, 0.25) is 0 Å². The summed E-state index contributed by atoms with van der Waals surface area (Å²) < 4.78 is 47.8. The van der Waals surface area contributed by atoms with Gasteiger partial charge in [0.05, 0.1) is 4.90 Å². The number of hydrogen-bond donors (Lipinski definition) is 1. The number of hydrogen-bond acceptors (Lipinski definition) is 3. The molecule has 0 atom stereocenters. The Labute approximate surface area is 160 Å². The van der Waals surface area contributed by atoms with Crippen LogP contribution in [0.25, 0.3) is 22.3 Å². The minimum atomic E-state index is -3.93. The fraction of sp³-hybridized carbons (Fsp3) is 0. The Bertz CT molecular complexity index is 1220. The van der Waals surface area contributed by atoms with E-state index < -0.39 is 15.8 Å². The van der Waals surface area contributed by atoms with E-state index >= 15 is 0 Å². The molecule has 3 aromatic carbocycles. The van der Waals surface area contributed by atoms with Crippen LogP contribution in [0.15, 0.2) is 82.1 Å². The summed E-state index contributed by atoms with van der Waals surface area (Å²) in [5.41, 5.74) is 1.23. The summed E-state index contributed by atoms with van der Waals surface area (Å²) in [5, 5.41) is 0.765. The van der Waals surface area contributed by atoms with Gasteiger partial charge in [-0.2, -0.15) is 0 Å². The first-order valence-electron chi connectivity index (χ1n) is 8.00. The monoisotopic (exact) mass is 401 g/mol. The van der Waals surface area contributed by atoms with E-state index in [0.717, 1.165) is 0 Å². The van der Waals surface area contributed by atoms with Gasteiger partial charge in [-0.15, -0.1) is 0 Å². The van der Waals surface area contributed by atoms with Gasteiger partial charge in [-0.05, 0) is 42.5 Å². The third-order valence-corrected chi connectivity index (χ3v) is 5.66. The zero-order valence-corrected chi connectivity index (χ0v) is 15.4. The average molecular weight is 402 g/mol. The summed E-state index contributed by atoms with van der Waals surface area (Å²) in [7, 11) is -3.93. The second kappa shape index (κ2) is 6.72. The topological polar surface area (TPSA) is 59.3 Å². The lowest BCUT2D eigenvalue weighted by Gasteiger charge is -2.09. The lowest BCUT2D eigenvalue weighted by Crippen LogP contribution is -2.13. The zero-order valence-electron chi connectivity index (χ0n) is 13.8. The highest BCUT2D eigenvalue weighted by Crippen LogP contribution is 2.39. The van der Waals surface area contributed by atoms with Crippen LogP contribution >= 0.6 is 11.6 Å². The normalized spacial score (nSPS) is 11.6. The van der Waals surface area contributed by atoms with E-state index in [1.165, 1.54) is 42.5 Å². The highest BCUT2D eigenvalue weighted by atomic mass is 35.5. The number of furan rings is 1. The van der Waals surface area contributed by atoms with E-state index in [1.807, 2.05) is 6.07 Å². The molecule has 136 valence electrons. The van der Waals surface area contributed by atoms with Crippen LogP contribution in [0, 0.1) is 5.82 Å². The second-order valence-corrected chi connectivity index (χ2v) is 7.99. The second-order valence-electron chi connectivity index (χ2n) is 5.87. The highest BCUT2D eigenvalue weighted by Gasteiger charge is 2.22. The molecule has 0 bridgehead atoms. The molecule has 1 aromatic heterocycles. The van der Waals surface area contributed by atoms with E-state index in [9.17, 15) is 12.8 Å². The molecule has 0 aliphatic carbocycles. The third kappa shape index (κ3) is 3.41. The van der Waals surface area contributed by atoms with Gasteiger partial charge in [-0.25, -0.2) is 12.8 Å². The summed E-state index contributed by atoms with van der Waals surface area (Å²) in [6.45, 7) is 0. The Hall–Kier alpha value is -2.83. The maximum absolute atomic E-state index is 13.8. The molecule has 0 radical (unpaired) electrons. The molecule has 0 unspecified atom stereocenters. The maximum atomic E-state index is 13.8. The van der Waals surface area contributed by atoms with Gasteiger partial charge < -0.3 is 4.42 Å². The lowest BCUT2D eigenvalue weighted by molar-refractivity contribution is 0.600. The molecule has 7 heteroatoms. The molecule has 27 heavy (non-hydrogen) atoms.